The number of aromatic amines is 1. The summed E-state index contributed by atoms with van der Waals surface area (Å²) in [6, 6.07) is 8.28. The van der Waals surface area contributed by atoms with Crippen molar-refractivity contribution in [3.63, 3.8) is 0 Å². The molecule has 2 heterocycles. The number of aromatic nitrogens is 1. The lowest BCUT2D eigenvalue weighted by Crippen LogP contribution is -2.44. The Morgan fingerprint density at radius 3 is 2.48 bits per heavy atom. The average Bonchev–Trinajstić information content (AvgIpc) is 2.93. The van der Waals surface area contributed by atoms with Crippen molar-refractivity contribution in [3.05, 3.63) is 47.2 Å². The van der Waals surface area contributed by atoms with Gasteiger partial charge in [-0.1, -0.05) is 18.2 Å². The number of para-hydroxylation sites is 1. The minimum absolute atomic E-state index is 0.0219. The number of nitrogens with one attached hydrogen (secondary N) is 1. The number of nitrogens with zero attached hydrogens (tertiary/aromatic N) is 1. The molecular weight excluding hydrogens is 260 g/mol. The summed E-state index contributed by atoms with van der Waals surface area (Å²) in [4.78, 5) is 18.0. The number of benzene rings is 1. The number of hydrogen-bond donors (Lipinski definition) is 1. The quantitative estimate of drug-likeness (QED) is 0.836. The Bertz CT molecular complexity index is 746. The molecule has 21 heavy (non-hydrogen) atoms. The van der Waals surface area contributed by atoms with Crippen molar-refractivity contribution in [1.82, 2.24) is 9.88 Å². The molecule has 1 N–H and O–H groups in total. The molecule has 0 fully saturated rings. The second-order valence-electron chi connectivity index (χ2n) is 6.85. The zero-order valence-electron chi connectivity index (χ0n) is 13.3. The van der Waals surface area contributed by atoms with Gasteiger partial charge in [0.2, 0.25) is 0 Å². The zero-order chi connectivity index (χ0) is 15.4. The number of hydrogen-bond acceptors (Lipinski definition) is 1. The molecule has 0 radical (unpaired) electrons. The van der Waals surface area contributed by atoms with Crippen molar-refractivity contribution in [3.8, 4) is 0 Å². The zero-order valence-corrected chi connectivity index (χ0v) is 13.3. The van der Waals surface area contributed by atoms with Gasteiger partial charge in [-0.15, -0.1) is 0 Å². The largest absolute Gasteiger partial charge is 0.361 e. The molecule has 0 unspecified atom stereocenters. The monoisotopic (exact) mass is 282 g/mol. The number of amides is 1. The molecule has 0 bridgehead atoms. The molecule has 1 atom stereocenters. The molecule has 2 aromatic rings. The first-order valence-corrected chi connectivity index (χ1v) is 7.39. The molecule has 1 aromatic carbocycles. The summed E-state index contributed by atoms with van der Waals surface area (Å²) in [7, 11) is 0. The van der Waals surface area contributed by atoms with Crippen molar-refractivity contribution in [2.45, 2.75) is 46.2 Å². The Labute approximate surface area is 125 Å². The molecule has 3 heteroatoms. The molecule has 0 saturated heterocycles. The summed E-state index contributed by atoms with van der Waals surface area (Å²) in [5, 5.41) is 1.19. The van der Waals surface area contributed by atoms with E-state index < -0.39 is 0 Å². The van der Waals surface area contributed by atoms with E-state index in [1.54, 1.807) is 0 Å². The molecule has 0 aliphatic carbocycles. The van der Waals surface area contributed by atoms with Crippen LogP contribution in [0.5, 0.6) is 0 Å². The van der Waals surface area contributed by atoms with Crippen LogP contribution in [0.3, 0.4) is 0 Å². The lowest BCUT2D eigenvalue weighted by atomic mass is 9.95. The number of rotatable bonds is 1. The van der Waals surface area contributed by atoms with Crippen LogP contribution in [0.2, 0.25) is 0 Å². The first-order valence-electron chi connectivity index (χ1n) is 7.39. The van der Waals surface area contributed by atoms with Crippen molar-refractivity contribution in [2.75, 3.05) is 0 Å². The molecule has 3 rings (SSSR count). The van der Waals surface area contributed by atoms with Crippen LogP contribution in [0.15, 0.2) is 41.6 Å². The highest BCUT2D eigenvalue weighted by molar-refractivity contribution is 5.98. The van der Waals surface area contributed by atoms with Gasteiger partial charge in [0.1, 0.15) is 0 Å². The predicted molar refractivity (Wildman–Crippen MR) is 86.0 cm³/mol. The van der Waals surface area contributed by atoms with Gasteiger partial charge in [-0.05, 0) is 46.3 Å². The Morgan fingerprint density at radius 2 is 1.81 bits per heavy atom. The van der Waals surface area contributed by atoms with Gasteiger partial charge in [-0.25, -0.2) is 0 Å². The Balaban J connectivity index is 2.21. The van der Waals surface area contributed by atoms with Gasteiger partial charge < -0.3 is 9.88 Å². The van der Waals surface area contributed by atoms with E-state index in [0.717, 1.165) is 16.7 Å². The van der Waals surface area contributed by atoms with Crippen LogP contribution in [0.4, 0.5) is 0 Å². The van der Waals surface area contributed by atoms with Crippen molar-refractivity contribution < 1.29 is 4.79 Å². The van der Waals surface area contributed by atoms with Crippen LogP contribution >= 0.6 is 0 Å². The normalized spacial score (nSPS) is 20.0. The first-order chi connectivity index (χ1) is 9.82. The molecule has 0 saturated carbocycles. The highest BCUT2D eigenvalue weighted by Crippen LogP contribution is 2.43. The highest BCUT2D eigenvalue weighted by Gasteiger charge is 2.42. The highest BCUT2D eigenvalue weighted by atomic mass is 16.2. The van der Waals surface area contributed by atoms with Gasteiger partial charge in [0.25, 0.3) is 5.91 Å². The van der Waals surface area contributed by atoms with Gasteiger partial charge in [0, 0.05) is 33.8 Å². The van der Waals surface area contributed by atoms with Crippen LogP contribution in [-0.2, 0) is 4.79 Å². The third-order valence-electron chi connectivity index (χ3n) is 4.44. The van der Waals surface area contributed by atoms with E-state index in [2.05, 4.69) is 44.8 Å². The maximum atomic E-state index is 12.7. The SMILES string of the molecule is CC1=C(C)[C@H](c2c[nH]c3ccccc23)N(C(C)(C)C)C1=O. The van der Waals surface area contributed by atoms with Gasteiger partial charge >= 0.3 is 0 Å². The number of H-pyrrole nitrogens is 1. The fourth-order valence-electron chi connectivity index (χ4n) is 3.25. The summed E-state index contributed by atoms with van der Waals surface area (Å²) in [5.41, 5.74) is 4.12. The minimum atomic E-state index is -0.209. The van der Waals surface area contributed by atoms with E-state index in [9.17, 15) is 4.79 Å². The van der Waals surface area contributed by atoms with Crippen LogP contribution < -0.4 is 0 Å². The molecule has 1 aromatic heterocycles. The maximum Gasteiger partial charge on any atom is 0.250 e. The average molecular weight is 282 g/mol. The Kier molecular flexibility index (Phi) is 2.97. The second-order valence-corrected chi connectivity index (χ2v) is 6.85. The van der Waals surface area contributed by atoms with Crippen molar-refractivity contribution >= 4 is 16.8 Å². The summed E-state index contributed by atoms with van der Waals surface area (Å²) in [6.07, 6.45) is 2.05. The van der Waals surface area contributed by atoms with Gasteiger partial charge in [-0.2, -0.15) is 0 Å². The van der Waals surface area contributed by atoms with Crippen molar-refractivity contribution in [2.24, 2.45) is 0 Å². The first kappa shape index (κ1) is 13.9. The van der Waals surface area contributed by atoms with Crippen LogP contribution in [0, 0.1) is 0 Å². The van der Waals surface area contributed by atoms with Crippen molar-refractivity contribution in [1.29, 1.82) is 0 Å². The number of fused-ring (bicyclic) bond motifs is 1. The fraction of sp³-hybridized carbons (Fsp3) is 0.389. The van der Waals surface area contributed by atoms with Gasteiger partial charge in [-0.3, -0.25) is 4.79 Å². The smallest absolute Gasteiger partial charge is 0.250 e. The lowest BCUT2D eigenvalue weighted by Gasteiger charge is -2.38. The molecule has 1 amide bonds. The summed E-state index contributed by atoms with van der Waals surface area (Å²) in [5.74, 6) is 0.148. The standard InChI is InChI=1S/C18H22N2O/c1-11-12(2)17(21)20(18(3,4)5)16(11)14-10-19-15-9-7-6-8-13(14)15/h6-10,16,19H,1-5H3/t16-/m1/s1. The number of carbonyl (C=O) groups excluding carboxylic acids is 1. The van der Waals surface area contributed by atoms with E-state index in [-0.39, 0.29) is 17.5 Å². The fourth-order valence-corrected chi connectivity index (χ4v) is 3.25. The van der Waals surface area contributed by atoms with E-state index in [0.29, 0.717) is 0 Å². The Hall–Kier alpha value is -2.03. The van der Waals surface area contributed by atoms with Gasteiger partial charge in [0.15, 0.2) is 0 Å². The Morgan fingerprint density at radius 1 is 1.14 bits per heavy atom. The van der Waals surface area contributed by atoms with Gasteiger partial charge in [0.05, 0.1) is 6.04 Å². The van der Waals surface area contributed by atoms with E-state index >= 15 is 0 Å². The topological polar surface area (TPSA) is 36.1 Å². The molecular formula is C18H22N2O. The molecule has 1 aliphatic heterocycles. The van der Waals surface area contributed by atoms with Crippen LogP contribution in [-0.4, -0.2) is 21.3 Å². The molecule has 110 valence electrons. The van der Waals surface area contributed by atoms with E-state index in [4.69, 9.17) is 0 Å². The summed E-state index contributed by atoms with van der Waals surface area (Å²) < 4.78 is 0. The van der Waals surface area contributed by atoms with E-state index in [1.807, 2.05) is 30.2 Å². The molecule has 1 aliphatic rings. The minimum Gasteiger partial charge on any atom is -0.361 e. The molecule has 3 nitrogen and oxygen atoms in total. The summed E-state index contributed by atoms with van der Waals surface area (Å²) in [6.45, 7) is 10.3. The summed E-state index contributed by atoms with van der Waals surface area (Å²) >= 11 is 0. The lowest BCUT2D eigenvalue weighted by molar-refractivity contribution is -0.131. The predicted octanol–water partition coefficient (Wildman–Crippen LogP) is 4.19. The third kappa shape index (κ3) is 1.99. The van der Waals surface area contributed by atoms with E-state index in [1.165, 1.54) is 10.9 Å². The second kappa shape index (κ2) is 4.48. The molecule has 0 spiro atoms. The third-order valence-corrected chi connectivity index (χ3v) is 4.44. The maximum absolute atomic E-state index is 12.7. The van der Waals surface area contributed by atoms with Crippen LogP contribution in [0.1, 0.15) is 46.2 Å². The van der Waals surface area contributed by atoms with Crippen LogP contribution in [0.25, 0.3) is 10.9 Å². The number of carbonyl (C=O) groups is 1.